The van der Waals surface area contributed by atoms with Crippen LogP contribution in [0.2, 0.25) is 0 Å². The van der Waals surface area contributed by atoms with Crippen molar-refractivity contribution in [2.75, 3.05) is 26.7 Å². The van der Waals surface area contributed by atoms with Gasteiger partial charge in [0.1, 0.15) is 0 Å². The summed E-state index contributed by atoms with van der Waals surface area (Å²) in [7, 11) is 2.25. The van der Waals surface area contributed by atoms with Gasteiger partial charge in [-0.1, -0.05) is 13.3 Å². The number of hydrogen-bond donors (Lipinski definition) is 2. The zero-order valence-electron chi connectivity index (χ0n) is 11.8. The fourth-order valence-electron chi connectivity index (χ4n) is 2.69. The predicted octanol–water partition coefficient (Wildman–Crippen LogP) is 2.00. The molecule has 0 aromatic rings. The molecule has 1 rings (SSSR count). The van der Waals surface area contributed by atoms with Crippen molar-refractivity contribution in [2.45, 2.75) is 64.0 Å². The average Bonchev–Trinajstić information content (AvgIpc) is 2.32. The summed E-state index contributed by atoms with van der Waals surface area (Å²) >= 11 is 0. The van der Waals surface area contributed by atoms with Gasteiger partial charge in [0.2, 0.25) is 0 Å². The molecule has 1 aliphatic heterocycles. The molecule has 2 unspecified atom stereocenters. The molecule has 2 atom stereocenters. The van der Waals surface area contributed by atoms with Gasteiger partial charge < -0.3 is 15.3 Å². The lowest BCUT2D eigenvalue weighted by molar-refractivity contribution is 0.165. The summed E-state index contributed by atoms with van der Waals surface area (Å²) in [6, 6.07) is 0.756. The third-order valence-corrected chi connectivity index (χ3v) is 4.39. The van der Waals surface area contributed by atoms with Crippen molar-refractivity contribution in [3.8, 4) is 0 Å². The van der Waals surface area contributed by atoms with E-state index in [0.717, 1.165) is 25.4 Å². The molecule has 0 aromatic carbocycles. The number of nitrogens with one attached hydrogen (secondary N) is 1. The molecule has 1 fully saturated rings. The summed E-state index contributed by atoms with van der Waals surface area (Å²) in [4.78, 5) is 2.50. The zero-order chi connectivity index (χ0) is 12.7. The van der Waals surface area contributed by atoms with Crippen molar-refractivity contribution in [1.29, 1.82) is 0 Å². The molecule has 0 spiro atoms. The van der Waals surface area contributed by atoms with E-state index in [1.165, 1.54) is 32.2 Å². The van der Waals surface area contributed by atoms with Crippen LogP contribution in [0.4, 0.5) is 0 Å². The Morgan fingerprint density at radius 2 is 2.18 bits per heavy atom. The molecule has 1 saturated heterocycles. The molecule has 3 heteroatoms. The van der Waals surface area contributed by atoms with Gasteiger partial charge in [0.15, 0.2) is 0 Å². The number of nitrogens with zero attached hydrogens (tertiary/aromatic N) is 1. The van der Waals surface area contributed by atoms with Crippen molar-refractivity contribution < 1.29 is 5.11 Å². The van der Waals surface area contributed by atoms with Crippen LogP contribution < -0.4 is 5.32 Å². The van der Waals surface area contributed by atoms with Gasteiger partial charge in [-0.3, -0.25) is 0 Å². The molecule has 0 aliphatic carbocycles. The van der Waals surface area contributed by atoms with Crippen molar-refractivity contribution >= 4 is 0 Å². The lowest BCUT2D eigenvalue weighted by Crippen LogP contribution is -2.45. The molecule has 102 valence electrons. The van der Waals surface area contributed by atoms with E-state index in [1.807, 2.05) is 0 Å². The topological polar surface area (TPSA) is 35.5 Å². The first-order valence-electron chi connectivity index (χ1n) is 7.17. The van der Waals surface area contributed by atoms with Crippen LogP contribution >= 0.6 is 0 Å². The number of aliphatic hydroxyl groups excluding tert-OH is 1. The molecule has 1 heterocycles. The van der Waals surface area contributed by atoms with Gasteiger partial charge in [0.05, 0.1) is 0 Å². The summed E-state index contributed by atoms with van der Waals surface area (Å²) in [5.74, 6) is 0. The Kier molecular flexibility index (Phi) is 6.45. The summed E-state index contributed by atoms with van der Waals surface area (Å²) in [5.41, 5.74) is 0.113. The standard InChI is InChI=1S/C14H30N2O/c1-4-14(2,9-12-17)15-10-8-13-7-5-6-11-16(13)3/h13,15,17H,4-12H2,1-3H3. The summed E-state index contributed by atoms with van der Waals surface area (Å²) < 4.78 is 0. The SMILES string of the molecule is CCC(C)(CCO)NCCC1CCCCN1C. The number of aliphatic hydroxyl groups is 1. The molecular formula is C14H30N2O. The van der Waals surface area contributed by atoms with Crippen molar-refractivity contribution in [1.82, 2.24) is 10.2 Å². The first-order chi connectivity index (χ1) is 8.11. The maximum atomic E-state index is 9.07. The average molecular weight is 242 g/mol. The zero-order valence-corrected chi connectivity index (χ0v) is 11.8. The van der Waals surface area contributed by atoms with E-state index in [-0.39, 0.29) is 12.1 Å². The Hall–Kier alpha value is -0.120. The molecule has 0 bridgehead atoms. The fourth-order valence-corrected chi connectivity index (χ4v) is 2.69. The van der Waals surface area contributed by atoms with E-state index in [4.69, 9.17) is 5.11 Å². The van der Waals surface area contributed by atoms with Crippen molar-refractivity contribution in [3.05, 3.63) is 0 Å². The monoisotopic (exact) mass is 242 g/mol. The van der Waals surface area contributed by atoms with Gasteiger partial charge in [0.25, 0.3) is 0 Å². The molecule has 0 saturated carbocycles. The van der Waals surface area contributed by atoms with Gasteiger partial charge >= 0.3 is 0 Å². The Labute approximate surface area is 107 Å². The molecule has 1 aliphatic rings. The van der Waals surface area contributed by atoms with Crippen LogP contribution in [0.25, 0.3) is 0 Å². The van der Waals surface area contributed by atoms with E-state index < -0.39 is 0 Å². The Bertz CT molecular complexity index is 210. The van der Waals surface area contributed by atoms with Crippen LogP contribution in [-0.2, 0) is 0 Å². The first kappa shape index (κ1) is 14.9. The summed E-state index contributed by atoms with van der Waals surface area (Å²) in [6.07, 6.45) is 7.25. The normalized spacial score (nSPS) is 25.8. The van der Waals surface area contributed by atoms with Crippen LogP contribution in [0.5, 0.6) is 0 Å². The van der Waals surface area contributed by atoms with Gasteiger partial charge in [-0.2, -0.15) is 0 Å². The minimum atomic E-state index is 0.113. The minimum Gasteiger partial charge on any atom is -0.396 e. The second-order valence-electron chi connectivity index (χ2n) is 5.73. The van der Waals surface area contributed by atoms with Crippen LogP contribution in [0.1, 0.15) is 52.4 Å². The van der Waals surface area contributed by atoms with Crippen LogP contribution in [0, 0.1) is 0 Å². The molecule has 2 N–H and O–H groups in total. The summed E-state index contributed by atoms with van der Waals surface area (Å²) in [6.45, 7) is 7.01. The fraction of sp³-hybridized carbons (Fsp3) is 1.00. The maximum absolute atomic E-state index is 9.07. The number of piperidine rings is 1. The molecule has 0 radical (unpaired) electrons. The second kappa shape index (κ2) is 7.34. The molecule has 0 aromatic heterocycles. The highest BCUT2D eigenvalue weighted by Gasteiger charge is 2.22. The summed E-state index contributed by atoms with van der Waals surface area (Å²) in [5, 5.41) is 12.7. The van der Waals surface area contributed by atoms with E-state index in [0.29, 0.717) is 0 Å². The van der Waals surface area contributed by atoms with Crippen LogP contribution in [-0.4, -0.2) is 48.3 Å². The Morgan fingerprint density at radius 3 is 2.76 bits per heavy atom. The minimum absolute atomic E-state index is 0.113. The third kappa shape index (κ3) is 4.94. The van der Waals surface area contributed by atoms with Crippen LogP contribution in [0.3, 0.4) is 0 Å². The molecule has 0 amide bonds. The van der Waals surface area contributed by atoms with Gasteiger partial charge in [0, 0.05) is 18.2 Å². The van der Waals surface area contributed by atoms with Gasteiger partial charge in [-0.15, -0.1) is 0 Å². The first-order valence-corrected chi connectivity index (χ1v) is 7.17. The molecule has 17 heavy (non-hydrogen) atoms. The number of hydrogen-bond acceptors (Lipinski definition) is 3. The molecule has 3 nitrogen and oxygen atoms in total. The maximum Gasteiger partial charge on any atom is 0.0448 e. The predicted molar refractivity (Wildman–Crippen MR) is 73.3 cm³/mol. The van der Waals surface area contributed by atoms with Crippen molar-refractivity contribution in [2.24, 2.45) is 0 Å². The number of likely N-dealkylation sites (tertiary alicyclic amines) is 1. The highest BCUT2D eigenvalue weighted by molar-refractivity contribution is 4.83. The Balaban J connectivity index is 2.25. The van der Waals surface area contributed by atoms with Gasteiger partial charge in [-0.05, 0) is 59.2 Å². The smallest absolute Gasteiger partial charge is 0.0448 e. The lowest BCUT2D eigenvalue weighted by atomic mass is 9.94. The number of rotatable bonds is 7. The van der Waals surface area contributed by atoms with E-state index in [1.54, 1.807) is 0 Å². The van der Waals surface area contributed by atoms with Crippen molar-refractivity contribution in [3.63, 3.8) is 0 Å². The highest BCUT2D eigenvalue weighted by atomic mass is 16.3. The van der Waals surface area contributed by atoms with E-state index >= 15 is 0 Å². The highest BCUT2D eigenvalue weighted by Crippen LogP contribution is 2.18. The second-order valence-corrected chi connectivity index (χ2v) is 5.73. The lowest BCUT2D eigenvalue weighted by Gasteiger charge is -2.34. The largest absolute Gasteiger partial charge is 0.396 e. The van der Waals surface area contributed by atoms with E-state index in [9.17, 15) is 0 Å². The van der Waals surface area contributed by atoms with Gasteiger partial charge in [-0.25, -0.2) is 0 Å². The Morgan fingerprint density at radius 1 is 1.41 bits per heavy atom. The van der Waals surface area contributed by atoms with Crippen LogP contribution in [0.15, 0.2) is 0 Å². The van der Waals surface area contributed by atoms with E-state index in [2.05, 4.69) is 31.1 Å². The quantitative estimate of drug-likeness (QED) is 0.717. The molecular weight excluding hydrogens is 212 g/mol. The third-order valence-electron chi connectivity index (χ3n) is 4.39.